The van der Waals surface area contributed by atoms with E-state index in [0.717, 1.165) is 22.3 Å². The molecule has 0 aliphatic carbocycles. The topological polar surface area (TPSA) is 135 Å². The first-order valence-electron chi connectivity index (χ1n) is 17.7. The molecule has 4 aromatic carbocycles. The number of aryl methyl sites for hydroxylation is 2. The highest BCUT2D eigenvalue weighted by atomic mass is 35.5. The zero-order valence-electron chi connectivity index (χ0n) is 30.3. The third-order valence-electron chi connectivity index (χ3n) is 10.9. The van der Waals surface area contributed by atoms with Crippen LogP contribution in [0.4, 0.5) is 0 Å². The minimum atomic E-state index is -1.16. The number of benzene rings is 4. The number of aromatic nitrogens is 4. The van der Waals surface area contributed by atoms with Gasteiger partial charge in [-0.05, 0) is 74.2 Å². The summed E-state index contributed by atoms with van der Waals surface area (Å²) in [6.07, 6.45) is -1.33. The number of hydrogen-bond acceptors (Lipinski definition) is 11. The average Bonchev–Trinajstić information content (AvgIpc) is 3.92. The normalized spacial score (nSPS) is 27.9. The second kappa shape index (κ2) is 14.6. The molecule has 2 aromatic heterocycles. The van der Waals surface area contributed by atoms with Crippen molar-refractivity contribution in [2.24, 2.45) is 0 Å². The third kappa shape index (κ3) is 6.45. The molecule has 4 N–H and O–H groups in total. The van der Waals surface area contributed by atoms with Crippen molar-refractivity contribution in [1.29, 1.82) is 0 Å². The van der Waals surface area contributed by atoms with Gasteiger partial charge in [0.2, 0.25) is 11.8 Å². The summed E-state index contributed by atoms with van der Waals surface area (Å²) in [5.41, 5.74) is 13.2. The molecule has 0 radical (unpaired) electrons. The summed E-state index contributed by atoms with van der Waals surface area (Å²) in [4.78, 5) is 9.31. The number of nitrogens with one attached hydrogen (secondary N) is 4. The van der Waals surface area contributed by atoms with E-state index < -0.39 is 34.4 Å². The Morgan fingerprint density at radius 3 is 1.16 bits per heavy atom. The van der Waals surface area contributed by atoms with E-state index in [0.29, 0.717) is 43.5 Å². The van der Waals surface area contributed by atoms with Crippen LogP contribution in [0.1, 0.15) is 59.5 Å². The summed E-state index contributed by atoms with van der Waals surface area (Å²) in [6, 6.07) is 30.6. The zero-order valence-corrected chi connectivity index (χ0v) is 33.4. The summed E-state index contributed by atoms with van der Waals surface area (Å²) < 4.78 is 19.6. The zero-order chi connectivity index (χ0) is 38.6. The van der Waals surface area contributed by atoms with E-state index in [1.54, 1.807) is 13.8 Å². The van der Waals surface area contributed by atoms with Crippen LogP contribution in [0.25, 0.3) is 0 Å². The summed E-state index contributed by atoms with van der Waals surface area (Å²) in [5.74, 6) is 1.73. The molecule has 0 bridgehead atoms. The summed E-state index contributed by atoms with van der Waals surface area (Å²) in [6.45, 7) is 7.65. The van der Waals surface area contributed by atoms with Gasteiger partial charge in [-0.25, -0.2) is 21.7 Å². The minimum absolute atomic E-state index is 0.174. The standard InChI is InChI=1S/C40H38Cl4N8O3/c1-23-45-33(54-47-23)21-39(27-15-7-11-19-31(27)43)35(37(3,49-51-39)25-13-5-9-17-29(25)41)53-36-38(4,26-14-6-10-18-30(26)42)50-52-40(36,22-34-46-24(2)48-55-34)28-16-8-12-20-32(28)44/h5-20,35-36,49-52H,21-22H2,1-4H3. The van der Waals surface area contributed by atoms with E-state index >= 15 is 0 Å². The van der Waals surface area contributed by atoms with Crippen molar-refractivity contribution in [2.45, 2.75) is 74.9 Å². The Kier molecular flexibility index (Phi) is 10.1. The first kappa shape index (κ1) is 38.0. The lowest BCUT2D eigenvalue weighted by Crippen LogP contribution is -2.59. The molecule has 2 saturated heterocycles. The van der Waals surface area contributed by atoms with Gasteiger partial charge in [0.05, 0.1) is 35.0 Å². The molecule has 4 heterocycles. The predicted octanol–water partition coefficient (Wildman–Crippen LogP) is 8.06. The molecule has 6 atom stereocenters. The molecule has 8 rings (SSSR count). The fourth-order valence-electron chi connectivity index (χ4n) is 8.38. The van der Waals surface area contributed by atoms with E-state index in [2.05, 4.69) is 42.0 Å². The molecule has 6 unspecified atom stereocenters. The fourth-order valence-corrected chi connectivity index (χ4v) is 9.65. The number of halogens is 4. The van der Waals surface area contributed by atoms with Crippen molar-refractivity contribution in [1.82, 2.24) is 42.0 Å². The molecule has 11 nitrogen and oxygen atoms in total. The molecule has 6 aromatic rings. The lowest BCUT2D eigenvalue weighted by Gasteiger charge is -2.47. The lowest BCUT2D eigenvalue weighted by atomic mass is 9.70. The highest BCUT2D eigenvalue weighted by molar-refractivity contribution is 6.32. The second-order valence-electron chi connectivity index (χ2n) is 14.5. The van der Waals surface area contributed by atoms with Gasteiger partial charge >= 0.3 is 0 Å². The number of ether oxygens (including phenoxy) is 1. The molecule has 2 aliphatic rings. The molecule has 2 aliphatic heterocycles. The van der Waals surface area contributed by atoms with Gasteiger partial charge in [-0.1, -0.05) is 130 Å². The van der Waals surface area contributed by atoms with Gasteiger partial charge in [-0.15, -0.1) is 0 Å². The SMILES string of the molecule is Cc1noc(CC2(c3ccccc3Cl)NNC(C)(c3ccccc3Cl)C2OC2C(C)(c3ccccc3Cl)NNC2(Cc2nc(C)no2)c2ccccc2Cl)n1. The van der Waals surface area contributed by atoms with Crippen molar-refractivity contribution in [3.63, 3.8) is 0 Å². The number of hydrogen-bond donors (Lipinski definition) is 4. The first-order chi connectivity index (χ1) is 26.4. The van der Waals surface area contributed by atoms with Crippen LogP contribution in [0, 0.1) is 13.8 Å². The van der Waals surface area contributed by atoms with Crippen molar-refractivity contribution < 1.29 is 13.8 Å². The van der Waals surface area contributed by atoms with Crippen LogP contribution in [0.15, 0.2) is 106 Å². The molecular formula is C40H38Cl4N8O3. The number of hydrazine groups is 2. The van der Waals surface area contributed by atoms with Gasteiger partial charge in [-0.2, -0.15) is 9.97 Å². The Morgan fingerprint density at radius 1 is 0.527 bits per heavy atom. The summed E-state index contributed by atoms with van der Waals surface area (Å²) in [7, 11) is 0. The highest BCUT2D eigenvalue weighted by Gasteiger charge is 2.66. The van der Waals surface area contributed by atoms with E-state index in [-0.39, 0.29) is 12.8 Å². The van der Waals surface area contributed by atoms with Crippen LogP contribution in [-0.2, 0) is 39.7 Å². The van der Waals surface area contributed by atoms with Crippen molar-refractivity contribution in [2.75, 3.05) is 0 Å². The van der Waals surface area contributed by atoms with Crippen molar-refractivity contribution in [3.8, 4) is 0 Å². The highest BCUT2D eigenvalue weighted by Crippen LogP contribution is 2.54. The molecule has 284 valence electrons. The van der Waals surface area contributed by atoms with Gasteiger partial charge in [0.15, 0.2) is 11.6 Å². The molecule has 0 saturated carbocycles. The van der Waals surface area contributed by atoms with E-state index in [9.17, 15) is 0 Å². The molecule has 15 heteroatoms. The molecule has 0 spiro atoms. The Hall–Kier alpha value is -3.88. The average molecular weight is 821 g/mol. The minimum Gasteiger partial charge on any atom is -0.366 e. The first-order valence-corrected chi connectivity index (χ1v) is 19.2. The van der Waals surface area contributed by atoms with Crippen LogP contribution in [0.3, 0.4) is 0 Å². The quantitative estimate of drug-likeness (QED) is 0.107. The fraction of sp³-hybridized carbons (Fsp3) is 0.300. The lowest BCUT2D eigenvalue weighted by molar-refractivity contribution is -0.122. The van der Waals surface area contributed by atoms with Crippen LogP contribution in [0.2, 0.25) is 20.1 Å². The maximum absolute atomic E-state index is 7.97. The van der Waals surface area contributed by atoms with E-state index in [1.165, 1.54) is 0 Å². The Bertz CT molecular complexity index is 2200. The van der Waals surface area contributed by atoms with E-state index in [1.807, 2.05) is 111 Å². The van der Waals surface area contributed by atoms with Crippen LogP contribution >= 0.6 is 46.4 Å². The monoisotopic (exact) mass is 818 g/mol. The molecule has 0 amide bonds. The molecular weight excluding hydrogens is 782 g/mol. The van der Waals surface area contributed by atoms with Gasteiger partial charge in [-0.3, -0.25) is 0 Å². The van der Waals surface area contributed by atoms with Crippen LogP contribution in [0.5, 0.6) is 0 Å². The van der Waals surface area contributed by atoms with Crippen LogP contribution in [-0.4, -0.2) is 32.5 Å². The Labute approximate surface area is 338 Å². The smallest absolute Gasteiger partial charge is 0.228 e. The molecule has 55 heavy (non-hydrogen) atoms. The Morgan fingerprint density at radius 2 is 0.855 bits per heavy atom. The number of rotatable bonds is 10. The summed E-state index contributed by atoms with van der Waals surface area (Å²) in [5, 5.41) is 10.3. The van der Waals surface area contributed by atoms with Gasteiger partial charge < -0.3 is 13.8 Å². The summed E-state index contributed by atoms with van der Waals surface area (Å²) >= 11 is 28.5. The molecule has 2 fully saturated rings. The maximum atomic E-state index is 7.97. The van der Waals surface area contributed by atoms with Crippen LogP contribution < -0.4 is 21.7 Å². The van der Waals surface area contributed by atoms with Gasteiger partial charge in [0.25, 0.3) is 0 Å². The number of nitrogens with zero attached hydrogens (tertiary/aromatic N) is 4. The maximum Gasteiger partial charge on any atom is 0.228 e. The van der Waals surface area contributed by atoms with Gasteiger partial charge in [0.1, 0.15) is 12.2 Å². The Balaban J connectivity index is 1.42. The largest absolute Gasteiger partial charge is 0.366 e. The third-order valence-corrected chi connectivity index (χ3v) is 12.2. The van der Waals surface area contributed by atoms with Crippen molar-refractivity contribution in [3.05, 3.63) is 163 Å². The second-order valence-corrected chi connectivity index (χ2v) is 16.1. The van der Waals surface area contributed by atoms with E-state index in [4.69, 9.17) is 60.2 Å². The predicted molar refractivity (Wildman–Crippen MR) is 211 cm³/mol. The van der Waals surface area contributed by atoms with Gasteiger partial charge in [0, 0.05) is 20.1 Å². The van der Waals surface area contributed by atoms with Crippen molar-refractivity contribution >= 4 is 46.4 Å².